The molecule has 0 aliphatic carbocycles. The van der Waals surface area contributed by atoms with Gasteiger partial charge in [-0.3, -0.25) is 4.79 Å². The van der Waals surface area contributed by atoms with Gasteiger partial charge in [-0.25, -0.2) is 0 Å². The Bertz CT molecular complexity index is 961. The van der Waals surface area contributed by atoms with Crippen LogP contribution in [0.15, 0.2) is 53.7 Å². The molecule has 0 saturated carbocycles. The molecule has 7 nitrogen and oxygen atoms in total. The molecule has 0 atom stereocenters. The van der Waals surface area contributed by atoms with Gasteiger partial charge in [0.15, 0.2) is 5.78 Å². The first-order valence-electron chi connectivity index (χ1n) is 7.81. The Hall–Kier alpha value is -3.08. The van der Waals surface area contributed by atoms with Crippen molar-refractivity contribution in [2.75, 3.05) is 12.9 Å². The zero-order valence-corrected chi connectivity index (χ0v) is 15.2. The van der Waals surface area contributed by atoms with Gasteiger partial charge >= 0.3 is 6.36 Å². The third-order valence-corrected chi connectivity index (χ3v) is 4.41. The quantitative estimate of drug-likeness (QED) is 0.435. The molecule has 1 heterocycles. The number of ether oxygens (including phenoxy) is 2. The van der Waals surface area contributed by atoms with Crippen molar-refractivity contribution in [3.05, 3.63) is 54.1 Å². The van der Waals surface area contributed by atoms with Gasteiger partial charge in [-0.15, -0.1) is 18.3 Å². The lowest BCUT2D eigenvalue weighted by Gasteiger charge is -2.10. The van der Waals surface area contributed by atoms with Gasteiger partial charge < -0.3 is 9.47 Å². The molecular weight excluding hydrogens is 397 g/mol. The van der Waals surface area contributed by atoms with Crippen LogP contribution in [0.5, 0.6) is 11.5 Å². The molecule has 0 amide bonds. The molecule has 0 unspecified atom stereocenters. The van der Waals surface area contributed by atoms with Crippen molar-refractivity contribution in [2.24, 2.45) is 0 Å². The number of aromatic nitrogens is 4. The number of tetrazole rings is 1. The van der Waals surface area contributed by atoms with Crippen LogP contribution in [0, 0.1) is 0 Å². The molecule has 2 aromatic carbocycles. The molecule has 3 rings (SSSR count). The summed E-state index contributed by atoms with van der Waals surface area (Å²) in [6.45, 7) is 0. The third kappa shape index (κ3) is 4.80. The van der Waals surface area contributed by atoms with E-state index in [2.05, 4.69) is 20.3 Å². The van der Waals surface area contributed by atoms with E-state index >= 15 is 0 Å². The zero-order valence-electron chi connectivity index (χ0n) is 14.4. The number of methoxy groups -OCH3 is 1. The number of hydrogen-bond donors (Lipinski definition) is 0. The van der Waals surface area contributed by atoms with Gasteiger partial charge in [-0.05, 0) is 46.8 Å². The standard InChI is InChI=1S/C17H13F3N4O3S/c1-26-15-5-3-2-4-13(15)14(25)10-28-16-21-22-23-24(16)11-6-8-12(9-7-11)27-17(18,19)20/h2-9H,10H2,1H3. The second kappa shape index (κ2) is 8.30. The SMILES string of the molecule is COc1ccccc1C(=O)CSc1nnnn1-c1ccc(OC(F)(F)F)cc1. The molecule has 1 aromatic heterocycles. The molecule has 0 aliphatic rings. The molecule has 0 N–H and O–H groups in total. The van der Waals surface area contributed by atoms with Crippen LogP contribution in [0.4, 0.5) is 13.2 Å². The van der Waals surface area contributed by atoms with Gasteiger partial charge in [0.2, 0.25) is 5.16 Å². The summed E-state index contributed by atoms with van der Waals surface area (Å²) in [5.41, 5.74) is 0.858. The lowest BCUT2D eigenvalue weighted by atomic mass is 10.1. The fourth-order valence-electron chi connectivity index (χ4n) is 2.30. The highest BCUT2D eigenvalue weighted by molar-refractivity contribution is 7.99. The molecule has 0 aliphatic heterocycles. The Labute approximate surface area is 161 Å². The molecule has 11 heteroatoms. The smallest absolute Gasteiger partial charge is 0.496 e. The summed E-state index contributed by atoms with van der Waals surface area (Å²) in [5, 5.41) is 11.5. The van der Waals surface area contributed by atoms with E-state index in [9.17, 15) is 18.0 Å². The summed E-state index contributed by atoms with van der Waals surface area (Å²) in [5.74, 6) is -0.0144. The number of Topliss-reactive ketones (excluding diaryl/α,β-unsaturated/α-hetero) is 1. The third-order valence-electron chi connectivity index (χ3n) is 3.50. The number of para-hydroxylation sites is 1. The van der Waals surface area contributed by atoms with Crippen molar-refractivity contribution in [3.63, 3.8) is 0 Å². The van der Waals surface area contributed by atoms with Crippen LogP contribution in [0.25, 0.3) is 5.69 Å². The van der Waals surface area contributed by atoms with Gasteiger partial charge in [0.25, 0.3) is 0 Å². The van der Waals surface area contributed by atoms with Crippen molar-refractivity contribution in [2.45, 2.75) is 11.5 Å². The topological polar surface area (TPSA) is 79.1 Å². The minimum absolute atomic E-state index is 0.0516. The summed E-state index contributed by atoms with van der Waals surface area (Å²) < 4.78 is 47.1. The average Bonchev–Trinajstić information content (AvgIpc) is 3.14. The lowest BCUT2D eigenvalue weighted by Crippen LogP contribution is -2.17. The van der Waals surface area contributed by atoms with Gasteiger partial charge in [0, 0.05) is 0 Å². The molecule has 0 bridgehead atoms. The minimum atomic E-state index is -4.77. The van der Waals surface area contributed by atoms with Gasteiger partial charge in [-0.1, -0.05) is 23.9 Å². The highest BCUT2D eigenvalue weighted by atomic mass is 32.2. The lowest BCUT2D eigenvalue weighted by molar-refractivity contribution is -0.274. The second-order valence-corrected chi connectivity index (χ2v) is 6.27. The summed E-state index contributed by atoms with van der Waals surface area (Å²) in [6, 6.07) is 11.9. The number of ketones is 1. The number of halogens is 3. The van der Waals surface area contributed by atoms with Crippen molar-refractivity contribution in [1.29, 1.82) is 0 Å². The highest BCUT2D eigenvalue weighted by Crippen LogP contribution is 2.26. The molecule has 28 heavy (non-hydrogen) atoms. The number of benzene rings is 2. The van der Waals surface area contributed by atoms with E-state index in [1.807, 2.05) is 0 Å². The maximum absolute atomic E-state index is 12.4. The number of carbonyl (C=O) groups is 1. The number of alkyl halides is 3. The summed E-state index contributed by atoms with van der Waals surface area (Å²) in [6.07, 6.45) is -4.77. The van der Waals surface area contributed by atoms with Crippen molar-refractivity contribution in [3.8, 4) is 17.2 Å². The molecular formula is C17H13F3N4O3S. The van der Waals surface area contributed by atoms with E-state index < -0.39 is 6.36 Å². The first-order valence-corrected chi connectivity index (χ1v) is 8.79. The maximum atomic E-state index is 12.4. The fraction of sp³-hybridized carbons (Fsp3) is 0.176. The first kappa shape index (κ1) is 19.7. The second-order valence-electron chi connectivity index (χ2n) is 5.33. The molecule has 0 saturated heterocycles. The Morgan fingerprint density at radius 3 is 2.54 bits per heavy atom. The number of nitrogens with zero attached hydrogens (tertiary/aromatic N) is 4. The number of carbonyl (C=O) groups excluding carboxylic acids is 1. The van der Waals surface area contributed by atoms with Crippen molar-refractivity contribution >= 4 is 17.5 Å². The average molecular weight is 410 g/mol. The van der Waals surface area contributed by atoms with Crippen LogP contribution >= 0.6 is 11.8 Å². The molecule has 146 valence electrons. The first-order chi connectivity index (χ1) is 13.4. The Balaban J connectivity index is 1.71. The van der Waals surface area contributed by atoms with E-state index in [0.717, 1.165) is 23.9 Å². The summed E-state index contributed by atoms with van der Waals surface area (Å²) in [7, 11) is 1.48. The Morgan fingerprint density at radius 2 is 1.86 bits per heavy atom. The molecule has 0 spiro atoms. The van der Waals surface area contributed by atoms with E-state index in [1.165, 1.54) is 23.9 Å². The number of thioether (sulfide) groups is 1. The zero-order chi connectivity index (χ0) is 20.1. The van der Waals surface area contributed by atoms with Gasteiger partial charge in [0.05, 0.1) is 24.1 Å². The highest BCUT2D eigenvalue weighted by Gasteiger charge is 2.31. The molecule has 0 fully saturated rings. The van der Waals surface area contributed by atoms with Crippen LogP contribution in [0.1, 0.15) is 10.4 Å². The Kier molecular flexibility index (Phi) is 5.83. The van der Waals surface area contributed by atoms with Crippen LogP contribution < -0.4 is 9.47 Å². The fourth-order valence-corrected chi connectivity index (χ4v) is 3.08. The van der Waals surface area contributed by atoms with Crippen LogP contribution in [-0.2, 0) is 0 Å². The van der Waals surface area contributed by atoms with Crippen molar-refractivity contribution in [1.82, 2.24) is 20.2 Å². The normalized spacial score (nSPS) is 11.3. The number of rotatable bonds is 7. The van der Waals surface area contributed by atoms with Gasteiger partial charge in [-0.2, -0.15) is 4.68 Å². The summed E-state index contributed by atoms with van der Waals surface area (Å²) in [4.78, 5) is 12.4. The van der Waals surface area contributed by atoms with E-state index in [-0.39, 0.29) is 17.3 Å². The largest absolute Gasteiger partial charge is 0.573 e. The minimum Gasteiger partial charge on any atom is -0.496 e. The van der Waals surface area contributed by atoms with Crippen molar-refractivity contribution < 1.29 is 27.4 Å². The van der Waals surface area contributed by atoms with E-state index in [4.69, 9.17) is 4.74 Å². The van der Waals surface area contributed by atoms with Crippen LogP contribution in [0.2, 0.25) is 0 Å². The number of hydrogen-bond acceptors (Lipinski definition) is 7. The van der Waals surface area contributed by atoms with E-state index in [1.54, 1.807) is 24.3 Å². The molecule has 3 aromatic rings. The predicted octanol–water partition coefficient (Wildman–Crippen LogP) is 3.54. The Morgan fingerprint density at radius 1 is 1.14 bits per heavy atom. The summed E-state index contributed by atoms with van der Waals surface area (Å²) >= 11 is 1.10. The molecule has 0 radical (unpaired) electrons. The van der Waals surface area contributed by atoms with E-state index in [0.29, 0.717) is 22.2 Å². The predicted molar refractivity (Wildman–Crippen MR) is 93.9 cm³/mol. The van der Waals surface area contributed by atoms with Crippen LogP contribution in [0.3, 0.4) is 0 Å². The van der Waals surface area contributed by atoms with Gasteiger partial charge in [0.1, 0.15) is 11.5 Å². The van der Waals surface area contributed by atoms with Crippen LogP contribution in [-0.4, -0.2) is 45.2 Å². The maximum Gasteiger partial charge on any atom is 0.573 e. The monoisotopic (exact) mass is 410 g/mol.